The van der Waals surface area contributed by atoms with Crippen LogP contribution in [0.4, 0.5) is 5.69 Å². The van der Waals surface area contributed by atoms with Crippen molar-refractivity contribution in [1.82, 2.24) is 5.32 Å². The number of sulfonamides is 1. The summed E-state index contributed by atoms with van der Waals surface area (Å²) in [6.07, 6.45) is 0.791. The maximum atomic E-state index is 12.6. The van der Waals surface area contributed by atoms with Crippen LogP contribution < -0.4 is 10.0 Å². The third-order valence-electron chi connectivity index (χ3n) is 3.29. The number of carbonyl (C=O) groups excluding carboxylic acids is 1. The molecule has 7 heteroatoms. The lowest BCUT2D eigenvalue weighted by Crippen LogP contribution is -2.24. The van der Waals surface area contributed by atoms with E-state index in [2.05, 4.69) is 10.0 Å². The summed E-state index contributed by atoms with van der Waals surface area (Å²) in [6.45, 7) is 4.32. The molecule has 0 saturated carbocycles. The molecule has 5 nitrogen and oxygen atoms in total. The Morgan fingerprint density at radius 3 is 2.58 bits per heavy atom. The monoisotopic (exact) mass is 366 g/mol. The second kappa shape index (κ2) is 7.68. The van der Waals surface area contributed by atoms with Crippen LogP contribution in [0, 0.1) is 6.92 Å². The number of aryl methyl sites for hydroxylation is 1. The number of halogens is 1. The van der Waals surface area contributed by atoms with Gasteiger partial charge >= 0.3 is 0 Å². The van der Waals surface area contributed by atoms with Gasteiger partial charge in [-0.2, -0.15) is 0 Å². The van der Waals surface area contributed by atoms with Gasteiger partial charge in [-0.25, -0.2) is 8.42 Å². The molecule has 2 aromatic rings. The molecule has 0 heterocycles. The van der Waals surface area contributed by atoms with E-state index in [1.165, 1.54) is 18.2 Å². The van der Waals surface area contributed by atoms with Crippen molar-refractivity contribution >= 4 is 33.2 Å². The number of hydrogen-bond donors (Lipinski definition) is 2. The molecule has 128 valence electrons. The zero-order chi connectivity index (χ0) is 17.7. The van der Waals surface area contributed by atoms with Crippen molar-refractivity contribution in [2.75, 3.05) is 11.3 Å². The summed E-state index contributed by atoms with van der Waals surface area (Å²) in [5, 5.41) is 2.76. The molecule has 1 amide bonds. The summed E-state index contributed by atoms with van der Waals surface area (Å²) in [5.74, 6) is -0.333. The number of hydrogen-bond acceptors (Lipinski definition) is 3. The molecule has 0 radical (unpaired) electrons. The van der Waals surface area contributed by atoms with E-state index in [4.69, 9.17) is 11.6 Å². The highest BCUT2D eigenvalue weighted by Gasteiger charge is 2.20. The summed E-state index contributed by atoms with van der Waals surface area (Å²) >= 11 is 6.04. The van der Waals surface area contributed by atoms with Gasteiger partial charge in [-0.05, 0) is 49.2 Å². The molecule has 0 aliphatic carbocycles. The SMILES string of the molecule is CCCNC(=O)c1ccc(Cl)c(S(=O)(=O)Nc2cccc(C)c2)c1. The van der Waals surface area contributed by atoms with Crippen molar-refractivity contribution < 1.29 is 13.2 Å². The molecule has 0 saturated heterocycles. The summed E-state index contributed by atoms with van der Waals surface area (Å²) in [4.78, 5) is 11.9. The Morgan fingerprint density at radius 2 is 1.92 bits per heavy atom. The minimum Gasteiger partial charge on any atom is -0.352 e. The van der Waals surface area contributed by atoms with Gasteiger partial charge in [-0.3, -0.25) is 9.52 Å². The molecule has 0 aliphatic rings. The zero-order valence-electron chi connectivity index (χ0n) is 13.5. The smallest absolute Gasteiger partial charge is 0.263 e. The molecule has 0 aliphatic heterocycles. The van der Waals surface area contributed by atoms with Crippen molar-refractivity contribution in [3.8, 4) is 0 Å². The van der Waals surface area contributed by atoms with E-state index in [9.17, 15) is 13.2 Å². The van der Waals surface area contributed by atoms with E-state index in [1.54, 1.807) is 18.2 Å². The van der Waals surface area contributed by atoms with E-state index >= 15 is 0 Å². The van der Waals surface area contributed by atoms with E-state index in [-0.39, 0.29) is 21.4 Å². The average Bonchev–Trinajstić information content (AvgIpc) is 2.52. The first-order chi connectivity index (χ1) is 11.3. The Bertz CT molecular complexity index is 851. The predicted molar refractivity (Wildman–Crippen MR) is 96.1 cm³/mol. The summed E-state index contributed by atoms with van der Waals surface area (Å²) in [5.41, 5.74) is 1.61. The van der Waals surface area contributed by atoms with E-state index in [0.29, 0.717) is 12.2 Å². The van der Waals surface area contributed by atoms with Gasteiger partial charge in [0.05, 0.1) is 5.02 Å². The predicted octanol–water partition coefficient (Wildman–Crippen LogP) is 3.59. The van der Waals surface area contributed by atoms with Crippen molar-refractivity contribution in [3.05, 3.63) is 58.6 Å². The van der Waals surface area contributed by atoms with Crippen LogP contribution in [0.2, 0.25) is 5.02 Å². The largest absolute Gasteiger partial charge is 0.352 e. The highest BCUT2D eigenvalue weighted by atomic mass is 35.5. The van der Waals surface area contributed by atoms with Crippen LogP contribution >= 0.6 is 11.6 Å². The molecule has 0 atom stereocenters. The average molecular weight is 367 g/mol. The van der Waals surface area contributed by atoms with Gasteiger partial charge in [-0.1, -0.05) is 30.7 Å². The summed E-state index contributed by atoms with van der Waals surface area (Å²) < 4.78 is 27.7. The standard InChI is InChI=1S/C17H19ClN2O3S/c1-3-9-19-17(21)13-7-8-15(18)16(11-13)24(22,23)20-14-6-4-5-12(2)10-14/h4-8,10-11,20H,3,9H2,1-2H3,(H,19,21). The highest BCUT2D eigenvalue weighted by Crippen LogP contribution is 2.25. The summed E-state index contributed by atoms with van der Waals surface area (Å²) in [6, 6.07) is 11.2. The third kappa shape index (κ3) is 4.49. The number of carbonyl (C=O) groups is 1. The van der Waals surface area contributed by atoms with E-state index < -0.39 is 10.0 Å². The second-order valence-corrected chi connectivity index (χ2v) is 7.43. The van der Waals surface area contributed by atoms with Gasteiger partial charge in [-0.15, -0.1) is 0 Å². The van der Waals surface area contributed by atoms with Crippen molar-refractivity contribution in [2.45, 2.75) is 25.2 Å². The molecule has 2 aromatic carbocycles. The van der Waals surface area contributed by atoms with Crippen molar-refractivity contribution in [2.24, 2.45) is 0 Å². The van der Waals surface area contributed by atoms with E-state index in [1.807, 2.05) is 19.9 Å². The van der Waals surface area contributed by atoms with Crippen LogP contribution in [0.5, 0.6) is 0 Å². The van der Waals surface area contributed by atoms with Gasteiger partial charge in [0.1, 0.15) is 4.90 Å². The second-order valence-electron chi connectivity index (χ2n) is 5.38. The lowest BCUT2D eigenvalue weighted by atomic mass is 10.2. The first kappa shape index (κ1) is 18.3. The van der Waals surface area contributed by atoms with Crippen LogP contribution in [0.1, 0.15) is 29.3 Å². The molecule has 2 N–H and O–H groups in total. The molecular weight excluding hydrogens is 348 g/mol. The molecule has 0 bridgehead atoms. The Hall–Kier alpha value is -2.05. The lowest BCUT2D eigenvalue weighted by Gasteiger charge is -2.11. The lowest BCUT2D eigenvalue weighted by molar-refractivity contribution is 0.0953. The van der Waals surface area contributed by atoms with Crippen molar-refractivity contribution in [3.63, 3.8) is 0 Å². The molecule has 0 unspecified atom stereocenters. The first-order valence-electron chi connectivity index (χ1n) is 7.50. The van der Waals surface area contributed by atoms with Gasteiger partial charge in [0.15, 0.2) is 0 Å². The fourth-order valence-electron chi connectivity index (χ4n) is 2.11. The first-order valence-corrected chi connectivity index (χ1v) is 9.37. The Balaban J connectivity index is 2.33. The number of benzene rings is 2. The number of rotatable bonds is 6. The molecule has 0 fully saturated rings. The third-order valence-corrected chi connectivity index (χ3v) is 5.15. The van der Waals surface area contributed by atoms with Gasteiger partial charge in [0.25, 0.3) is 15.9 Å². The quantitative estimate of drug-likeness (QED) is 0.820. The van der Waals surface area contributed by atoms with Crippen LogP contribution in [0.25, 0.3) is 0 Å². The number of nitrogens with one attached hydrogen (secondary N) is 2. The van der Waals surface area contributed by atoms with Crippen LogP contribution in [0.3, 0.4) is 0 Å². The van der Waals surface area contributed by atoms with Gasteiger partial charge in [0.2, 0.25) is 0 Å². The summed E-state index contributed by atoms with van der Waals surface area (Å²) in [7, 11) is -3.90. The normalized spacial score (nSPS) is 11.1. The fourth-order valence-corrected chi connectivity index (χ4v) is 3.69. The highest BCUT2D eigenvalue weighted by molar-refractivity contribution is 7.92. The molecule has 24 heavy (non-hydrogen) atoms. The fraction of sp³-hybridized carbons (Fsp3) is 0.235. The van der Waals surface area contributed by atoms with Crippen LogP contribution in [0.15, 0.2) is 47.4 Å². The molecule has 0 spiro atoms. The van der Waals surface area contributed by atoms with Crippen LogP contribution in [-0.2, 0) is 10.0 Å². The molecule has 0 aromatic heterocycles. The Labute approximate surface area is 147 Å². The Morgan fingerprint density at radius 1 is 1.17 bits per heavy atom. The minimum atomic E-state index is -3.90. The number of anilines is 1. The van der Waals surface area contributed by atoms with Crippen LogP contribution in [-0.4, -0.2) is 20.9 Å². The minimum absolute atomic E-state index is 0.0576. The molecular formula is C17H19ClN2O3S. The van der Waals surface area contributed by atoms with Gasteiger partial charge < -0.3 is 5.32 Å². The Kier molecular flexibility index (Phi) is 5.85. The number of amides is 1. The van der Waals surface area contributed by atoms with Crippen molar-refractivity contribution in [1.29, 1.82) is 0 Å². The maximum Gasteiger partial charge on any atom is 0.263 e. The van der Waals surface area contributed by atoms with Gasteiger partial charge in [0, 0.05) is 17.8 Å². The van der Waals surface area contributed by atoms with E-state index in [0.717, 1.165) is 12.0 Å². The molecule has 2 rings (SSSR count). The zero-order valence-corrected chi connectivity index (χ0v) is 15.0. The topological polar surface area (TPSA) is 75.3 Å². The maximum absolute atomic E-state index is 12.6.